The van der Waals surface area contributed by atoms with Gasteiger partial charge in [0.25, 0.3) is 0 Å². The van der Waals surface area contributed by atoms with Crippen molar-refractivity contribution < 1.29 is 18.3 Å². The molecule has 0 bridgehead atoms. The molecule has 1 rings (SSSR count). The minimum Gasteiger partial charge on any atom is -0.492 e. The van der Waals surface area contributed by atoms with Gasteiger partial charge in [-0.3, -0.25) is 4.99 Å². The fourth-order valence-electron chi connectivity index (χ4n) is 1.40. The van der Waals surface area contributed by atoms with Crippen molar-refractivity contribution in [3.63, 3.8) is 0 Å². The zero-order valence-electron chi connectivity index (χ0n) is 12.0. The van der Waals surface area contributed by atoms with Crippen LogP contribution in [0.3, 0.4) is 0 Å². The van der Waals surface area contributed by atoms with E-state index in [9.17, 15) is 8.78 Å². The molecule has 8 heteroatoms. The van der Waals surface area contributed by atoms with Gasteiger partial charge in [-0.25, -0.2) is 8.78 Å². The first kappa shape index (κ1) is 19.8. The summed E-state index contributed by atoms with van der Waals surface area (Å²) in [5.41, 5.74) is 0. The highest BCUT2D eigenvalue weighted by Gasteiger charge is 2.03. The van der Waals surface area contributed by atoms with Crippen molar-refractivity contribution in [2.24, 2.45) is 4.99 Å². The van der Waals surface area contributed by atoms with Crippen LogP contribution in [0.2, 0.25) is 0 Å². The zero-order chi connectivity index (χ0) is 14.8. The Morgan fingerprint density at radius 3 is 2.38 bits per heavy atom. The molecule has 0 unspecified atom stereocenters. The molecule has 0 aliphatic heterocycles. The maximum absolute atomic E-state index is 12.9. The minimum absolute atomic E-state index is 0. The van der Waals surface area contributed by atoms with E-state index in [4.69, 9.17) is 9.47 Å². The van der Waals surface area contributed by atoms with Crippen LogP contribution < -0.4 is 15.4 Å². The zero-order valence-corrected chi connectivity index (χ0v) is 14.3. The molecular weight excluding hydrogens is 395 g/mol. The van der Waals surface area contributed by atoms with E-state index in [2.05, 4.69) is 15.6 Å². The minimum atomic E-state index is -0.924. The van der Waals surface area contributed by atoms with Crippen LogP contribution in [-0.2, 0) is 4.74 Å². The predicted octanol–water partition coefficient (Wildman–Crippen LogP) is 1.77. The number of aliphatic imine (C=N–C) groups is 1. The lowest BCUT2D eigenvalue weighted by Crippen LogP contribution is -2.40. The lowest BCUT2D eigenvalue weighted by atomic mass is 10.3. The lowest BCUT2D eigenvalue weighted by molar-refractivity contribution is 0.203. The molecule has 5 nitrogen and oxygen atoms in total. The van der Waals surface area contributed by atoms with E-state index >= 15 is 0 Å². The van der Waals surface area contributed by atoms with Crippen LogP contribution in [0, 0.1) is 11.6 Å². The average molecular weight is 415 g/mol. The SMILES string of the molecule is CN=C(NCCOC)NCCOc1ccc(F)c(F)c1.I. The van der Waals surface area contributed by atoms with Gasteiger partial charge < -0.3 is 20.1 Å². The van der Waals surface area contributed by atoms with Gasteiger partial charge >= 0.3 is 0 Å². The largest absolute Gasteiger partial charge is 0.492 e. The van der Waals surface area contributed by atoms with Crippen LogP contribution >= 0.6 is 24.0 Å². The van der Waals surface area contributed by atoms with Crippen LogP contribution in [0.4, 0.5) is 8.78 Å². The number of methoxy groups -OCH3 is 1. The van der Waals surface area contributed by atoms with Crippen molar-refractivity contribution in [1.29, 1.82) is 0 Å². The molecule has 1 aromatic carbocycles. The van der Waals surface area contributed by atoms with E-state index in [1.807, 2.05) is 0 Å². The summed E-state index contributed by atoms with van der Waals surface area (Å²) in [5, 5.41) is 6.05. The maximum Gasteiger partial charge on any atom is 0.191 e. The summed E-state index contributed by atoms with van der Waals surface area (Å²) >= 11 is 0. The molecule has 0 spiro atoms. The van der Waals surface area contributed by atoms with E-state index in [-0.39, 0.29) is 29.7 Å². The third-order valence-corrected chi connectivity index (χ3v) is 2.38. The molecule has 0 saturated carbocycles. The maximum atomic E-state index is 12.9. The van der Waals surface area contributed by atoms with E-state index in [0.717, 1.165) is 12.1 Å². The van der Waals surface area contributed by atoms with Gasteiger partial charge in [0.15, 0.2) is 17.6 Å². The molecular formula is C13H20F2IN3O2. The summed E-state index contributed by atoms with van der Waals surface area (Å²) in [7, 11) is 3.27. The fourth-order valence-corrected chi connectivity index (χ4v) is 1.40. The Labute approximate surface area is 140 Å². The number of guanidine groups is 1. The summed E-state index contributed by atoms with van der Waals surface area (Å²) < 4.78 is 35.8. The van der Waals surface area contributed by atoms with Crippen molar-refractivity contribution in [2.45, 2.75) is 0 Å². The van der Waals surface area contributed by atoms with Gasteiger partial charge in [0, 0.05) is 26.8 Å². The number of rotatable bonds is 7. The normalized spacial score (nSPS) is 10.8. The molecule has 2 N–H and O–H groups in total. The number of halogens is 3. The van der Waals surface area contributed by atoms with E-state index in [1.165, 1.54) is 6.07 Å². The Hall–Kier alpha value is -1.16. The summed E-state index contributed by atoms with van der Waals surface area (Å²) in [6, 6.07) is 3.42. The highest BCUT2D eigenvalue weighted by molar-refractivity contribution is 14.0. The van der Waals surface area contributed by atoms with Crippen molar-refractivity contribution >= 4 is 29.9 Å². The number of nitrogens with zero attached hydrogens (tertiary/aromatic N) is 1. The Morgan fingerprint density at radius 1 is 1.14 bits per heavy atom. The van der Waals surface area contributed by atoms with Gasteiger partial charge in [-0.05, 0) is 12.1 Å². The van der Waals surface area contributed by atoms with Crippen LogP contribution in [0.5, 0.6) is 5.75 Å². The smallest absolute Gasteiger partial charge is 0.191 e. The third-order valence-electron chi connectivity index (χ3n) is 2.38. The van der Waals surface area contributed by atoms with E-state index in [1.54, 1.807) is 14.2 Å². The van der Waals surface area contributed by atoms with Crippen LogP contribution in [0.15, 0.2) is 23.2 Å². The molecule has 1 aromatic rings. The van der Waals surface area contributed by atoms with E-state index in [0.29, 0.717) is 32.3 Å². The average Bonchev–Trinajstić information content (AvgIpc) is 2.45. The molecule has 0 atom stereocenters. The second kappa shape index (κ2) is 11.5. The highest BCUT2D eigenvalue weighted by atomic mass is 127. The van der Waals surface area contributed by atoms with E-state index < -0.39 is 11.6 Å². The second-order valence-corrected chi connectivity index (χ2v) is 3.84. The molecule has 0 aliphatic carbocycles. The highest BCUT2D eigenvalue weighted by Crippen LogP contribution is 2.14. The standard InChI is InChI=1S/C13H19F2N3O2.HI/c1-16-13(17-5-7-19-2)18-6-8-20-10-3-4-11(14)12(15)9-10;/h3-4,9H,5-8H2,1-2H3,(H2,16,17,18);1H. The molecule has 0 heterocycles. The fraction of sp³-hybridized carbons (Fsp3) is 0.462. The van der Waals surface area contributed by atoms with Gasteiger partial charge in [0.1, 0.15) is 12.4 Å². The number of benzene rings is 1. The monoisotopic (exact) mass is 415 g/mol. The van der Waals surface area contributed by atoms with Crippen molar-refractivity contribution in [3.8, 4) is 5.75 Å². The van der Waals surface area contributed by atoms with Gasteiger partial charge in [-0.15, -0.1) is 24.0 Å². The van der Waals surface area contributed by atoms with Gasteiger partial charge in [0.05, 0.1) is 13.2 Å². The summed E-state index contributed by atoms with van der Waals surface area (Å²) in [5.74, 6) is -0.908. The quantitative estimate of drug-likeness (QED) is 0.309. The molecule has 0 saturated heterocycles. The molecule has 120 valence electrons. The number of nitrogens with one attached hydrogen (secondary N) is 2. The Balaban J connectivity index is 0.00000400. The molecule has 0 aliphatic rings. The molecule has 0 aromatic heterocycles. The summed E-state index contributed by atoms with van der Waals surface area (Å²) in [6.45, 7) is 1.99. The lowest BCUT2D eigenvalue weighted by Gasteiger charge is -2.12. The number of ether oxygens (including phenoxy) is 2. The second-order valence-electron chi connectivity index (χ2n) is 3.84. The molecule has 0 amide bonds. The van der Waals surface area contributed by atoms with Crippen molar-refractivity contribution in [3.05, 3.63) is 29.8 Å². The first-order valence-electron chi connectivity index (χ1n) is 6.18. The molecule has 0 fully saturated rings. The number of hydrogen-bond donors (Lipinski definition) is 2. The number of hydrogen-bond acceptors (Lipinski definition) is 3. The Bertz CT molecular complexity index is 447. The van der Waals surface area contributed by atoms with Crippen LogP contribution in [0.1, 0.15) is 0 Å². The van der Waals surface area contributed by atoms with Gasteiger partial charge in [-0.2, -0.15) is 0 Å². The molecule has 21 heavy (non-hydrogen) atoms. The first-order chi connectivity index (χ1) is 9.67. The summed E-state index contributed by atoms with van der Waals surface area (Å²) in [6.07, 6.45) is 0. The predicted molar refractivity (Wildman–Crippen MR) is 88.5 cm³/mol. The topological polar surface area (TPSA) is 54.9 Å². The third kappa shape index (κ3) is 8.00. The Morgan fingerprint density at radius 2 is 1.81 bits per heavy atom. The van der Waals surface area contributed by atoms with Crippen LogP contribution in [-0.4, -0.2) is 46.4 Å². The van der Waals surface area contributed by atoms with Gasteiger partial charge in [0.2, 0.25) is 0 Å². The summed E-state index contributed by atoms with van der Waals surface area (Å²) in [4.78, 5) is 4.00. The van der Waals surface area contributed by atoms with Crippen molar-refractivity contribution in [2.75, 3.05) is 40.5 Å². The van der Waals surface area contributed by atoms with Crippen LogP contribution in [0.25, 0.3) is 0 Å². The first-order valence-corrected chi connectivity index (χ1v) is 6.18. The molecule has 0 radical (unpaired) electrons. The van der Waals surface area contributed by atoms with Gasteiger partial charge in [-0.1, -0.05) is 0 Å². The Kier molecular flexibility index (Phi) is 10.9. The van der Waals surface area contributed by atoms with Crippen molar-refractivity contribution in [1.82, 2.24) is 10.6 Å².